The number of nitrogens with zero attached hydrogens (tertiary/aromatic N) is 1. The van der Waals surface area contributed by atoms with Gasteiger partial charge in [-0.2, -0.15) is 0 Å². The van der Waals surface area contributed by atoms with E-state index in [1.54, 1.807) is 0 Å². The van der Waals surface area contributed by atoms with E-state index >= 15 is 0 Å². The Bertz CT molecular complexity index is 315. The molecule has 1 fully saturated rings. The second kappa shape index (κ2) is 5.43. The summed E-state index contributed by atoms with van der Waals surface area (Å²) in [5.74, 6) is 0. The van der Waals surface area contributed by atoms with E-state index in [4.69, 9.17) is 0 Å². The van der Waals surface area contributed by atoms with Gasteiger partial charge in [0.2, 0.25) is 0 Å². The molecule has 0 saturated carbocycles. The van der Waals surface area contributed by atoms with Crippen LogP contribution in [0.25, 0.3) is 0 Å². The maximum absolute atomic E-state index is 9.20. The zero-order valence-corrected chi connectivity index (χ0v) is 9.76. The van der Waals surface area contributed by atoms with Crippen LogP contribution in [0.15, 0.2) is 30.3 Å². The Kier molecular flexibility index (Phi) is 3.93. The Morgan fingerprint density at radius 2 is 2.06 bits per heavy atom. The zero-order chi connectivity index (χ0) is 11.4. The first kappa shape index (κ1) is 11.6. The quantitative estimate of drug-likeness (QED) is 0.792. The minimum Gasteiger partial charge on any atom is -0.395 e. The third-order valence-corrected chi connectivity index (χ3v) is 3.00. The number of piperazine rings is 1. The van der Waals surface area contributed by atoms with E-state index in [1.807, 2.05) is 6.07 Å². The molecule has 1 heterocycles. The molecule has 1 aromatic carbocycles. The molecule has 0 spiro atoms. The second-order valence-corrected chi connectivity index (χ2v) is 4.63. The number of rotatable bonds is 3. The van der Waals surface area contributed by atoms with Crippen LogP contribution in [0.4, 0.5) is 0 Å². The molecule has 1 aliphatic heterocycles. The summed E-state index contributed by atoms with van der Waals surface area (Å²) in [5.41, 5.74) is 1.34. The summed E-state index contributed by atoms with van der Waals surface area (Å²) in [5, 5.41) is 12.6. The highest BCUT2D eigenvalue weighted by Crippen LogP contribution is 2.09. The molecular formula is C13H20N2O. The first-order chi connectivity index (χ1) is 7.78. The molecule has 2 unspecified atom stereocenters. The molecule has 88 valence electrons. The summed E-state index contributed by atoms with van der Waals surface area (Å²) in [6, 6.07) is 11.2. The lowest BCUT2D eigenvalue weighted by molar-refractivity contribution is 0.119. The Labute approximate surface area is 97.1 Å². The number of benzene rings is 1. The van der Waals surface area contributed by atoms with Crippen LogP contribution < -0.4 is 5.32 Å². The van der Waals surface area contributed by atoms with Crippen molar-refractivity contribution in [3.05, 3.63) is 35.9 Å². The predicted molar refractivity (Wildman–Crippen MR) is 65.2 cm³/mol. The Morgan fingerprint density at radius 1 is 1.31 bits per heavy atom. The van der Waals surface area contributed by atoms with Gasteiger partial charge in [-0.05, 0) is 12.5 Å². The highest BCUT2D eigenvalue weighted by Gasteiger charge is 2.22. The lowest BCUT2D eigenvalue weighted by Crippen LogP contribution is -2.56. The summed E-state index contributed by atoms with van der Waals surface area (Å²) in [6.45, 7) is 5.33. The van der Waals surface area contributed by atoms with Gasteiger partial charge in [-0.1, -0.05) is 30.3 Å². The molecule has 2 atom stereocenters. The third kappa shape index (κ3) is 3.04. The van der Waals surface area contributed by atoms with Crippen molar-refractivity contribution in [2.75, 3.05) is 19.7 Å². The van der Waals surface area contributed by atoms with E-state index in [9.17, 15) is 5.11 Å². The molecular weight excluding hydrogens is 200 g/mol. The largest absolute Gasteiger partial charge is 0.395 e. The molecule has 0 radical (unpaired) electrons. The zero-order valence-electron chi connectivity index (χ0n) is 9.76. The van der Waals surface area contributed by atoms with Crippen LogP contribution in [-0.4, -0.2) is 41.8 Å². The van der Waals surface area contributed by atoms with Crippen LogP contribution in [0.2, 0.25) is 0 Å². The van der Waals surface area contributed by atoms with Crippen LogP contribution in [0.1, 0.15) is 12.5 Å². The maximum atomic E-state index is 9.20. The van der Waals surface area contributed by atoms with Crippen LogP contribution >= 0.6 is 0 Å². The summed E-state index contributed by atoms with van der Waals surface area (Å²) >= 11 is 0. The van der Waals surface area contributed by atoms with Crippen LogP contribution in [0, 0.1) is 0 Å². The standard InChI is InChI=1S/C13H20N2O/c1-11-7-15(9-13(10-16)14-11)8-12-5-3-2-4-6-12/h2-6,11,13-14,16H,7-10H2,1H3. The molecule has 0 bridgehead atoms. The minimum absolute atomic E-state index is 0.215. The van der Waals surface area contributed by atoms with Crippen molar-refractivity contribution in [3.63, 3.8) is 0 Å². The highest BCUT2D eigenvalue weighted by molar-refractivity contribution is 5.14. The van der Waals surface area contributed by atoms with E-state index in [0.29, 0.717) is 6.04 Å². The molecule has 3 nitrogen and oxygen atoms in total. The fraction of sp³-hybridized carbons (Fsp3) is 0.538. The molecule has 1 aliphatic rings. The van der Waals surface area contributed by atoms with Gasteiger partial charge in [0.15, 0.2) is 0 Å². The molecule has 2 rings (SSSR count). The summed E-state index contributed by atoms with van der Waals surface area (Å²) in [4.78, 5) is 2.40. The molecule has 0 aromatic heterocycles. The van der Waals surface area contributed by atoms with E-state index in [-0.39, 0.29) is 12.6 Å². The number of aliphatic hydroxyl groups is 1. The molecule has 2 N–H and O–H groups in total. The topological polar surface area (TPSA) is 35.5 Å². The Balaban J connectivity index is 1.94. The maximum Gasteiger partial charge on any atom is 0.0597 e. The van der Waals surface area contributed by atoms with Gasteiger partial charge in [-0.3, -0.25) is 4.90 Å². The summed E-state index contributed by atoms with van der Waals surface area (Å²) < 4.78 is 0. The minimum atomic E-state index is 0.215. The second-order valence-electron chi connectivity index (χ2n) is 4.63. The van der Waals surface area contributed by atoms with Gasteiger partial charge in [0, 0.05) is 31.7 Å². The lowest BCUT2D eigenvalue weighted by atomic mass is 10.1. The fourth-order valence-electron chi connectivity index (χ4n) is 2.36. The SMILES string of the molecule is CC1CN(Cc2ccccc2)CC(CO)N1. The average molecular weight is 220 g/mol. The first-order valence-electron chi connectivity index (χ1n) is 5.91. The molecule has 0 aliphatic carbocycles. The van der Waals surface area contributed by atoms with Crippen molar-refractivity contribution in [2.45, 2.75) is 25.6 Å². The summed E-state index contributed by atoms with van der Waals surface area (Å²) in [6.07, 6.45) is 0. The van der Waals surface area contributed by atoms with Crippen molar-refractivity contribution in [2.24, 2.45) is 0 Å². The van der Waals surface area contributed by atoms with Gasteiger partial charge in [-0.25, -0.2) is 0 Å². The van der Waals surface area contributed by atoms with Crippen molar-refractivity contribution < 1.29 is 5.11 Å². The predicted octanol–water partition coefficient (Wildman–Crippen LogP) is 0.841. The lowest BCUT2D eigenvalue weighted by Gasteiger charge is -2.36. The van der Waals surface area contributed by atoms with Gasteiger partial charge >= 0.3 is 0 Å². The molecule has 16 heavy (non-hydrogen) atoms. The number of nitrogens with one attached hydrogen (secondary N) is 1. The smallest absolute Gasteiger partial charge is 0.0597 e. The highest BCUT2D eigenvalue weighted by atomic mass is 16.3. The van der Waals surface area contributed by atoms with Crippen LogP contribution in [0.5, 0.6) is 0 Å². The first-order valence-corrected chi connectivity index (χ1v) is 5.91. The number of hydrogen-bond acceptors (Lipinski definition) is 3. The van der Waals surface area contributed by atoms with Crippen LogP contribution in [0.3, 0.4) is 0 Å². The molecule has 1 aromatic rings. The van der Waals surface area contributed by atoms with Gasteiger partial charge in [0.05, 0.1) is 6.61 Å². The van der Waals surface area contributed by atoms with Gasteiger partial charge in [-0.15, -0.1) is 0 Å². The van der Waals surface area contributed by atoms with E-state index in [0.717, 1.165) is 19.6 Å². The number of aliphatic hydroxyl groups excluding tert-OH is 1. The monoisotopic (exact) mass is 220 g/mol. The molecule has 3 heteroatoms. The van der Waals surface area contributed by atoms with E-state index in [2.05, 4.69) is 41.4 Å². The Hall–Kier alpha value is -0.900. The number of hydrogen-bond donors (Lipinski definition) is 2. The van der Waals surface area contributed by atoms with Crippen molar-refractivity contribution >= 4 is 0 Å². The van der Waals surface area contributed by atoms with Gasteiger partial charge < -0.3 is 10.4 Å². The van der Waals surface area contributed by atoms with E-state index in [1.165, 1.54) is 5.56 Å². The Morgan fingerprint density at radius 3 is 2.75 bits per heavy atom. The third-order valence-electron chi connectivity index (χ3n) is 3.00. The van der Waals surface area contributed by atoms with Crippen molar-refractivity contribution in [1.29, 1.82) is 0 Å². The van der Waals surface area contributed by atoms with Crippen molar-refractivity contribution in [1.82, 2.24) is 10.2 Å². The van der Waals surface area contributed by atoms with Gasteiger partial charge in [0.1, 0.15) is 0 Å². The summed E-state index contributed by atoms with van der Waals surface area (Å²) in [7, 11) is 0. The average Bonchev–Trinajstić information content (AvgIpc) is 2.29. The normalized spacial score (nSPS) is 26.9. The van der Waals surface area contributed by atoms with Gasteiger partial charge in [0.25, 0.3) is 0 Å². The van der Waals surface area contributed by atoms with Crippen molar-refractivity contribution in [3.8, 4) is 0 Å². The molecule has 1 saturated heterocycles. The molecule has 0 amide bonds. The fourth-order valence-corrected chi connectivity index (χ4v) is 2.36. The van der Waals surface area contributed by atoms with Crippen LogP contribution in [-0.2, 0) is 6.54 Å². The van der Waals surface area contributed by atoms with E-state index < -0.39 is 0 Å².